The molecule has 33 heavy (non-hydrogen) atoms. The van der Waals surface area contributed by atoms with Gasteiger partial charge in [0.15, 0.2) is 5.69 Å². The third kappa shape index (κ3) is 6.18. The Morgan fingerprint density at radius 2 is 1.85 bits per heavy atom. The molecule has 1 aromatic carbocycles. The highest BCUT2D eigenvalue weighted by atomic mass is 19.4. The first-order valence-electron chi connectivity index (χ1n) is 11.0. The summed E-state index contributed by atoms with van der Waals surface area (Å²) in [5, 5.41) is 2.39. The summed E-state index contributed by atoms with van der Waals surface area (Å²) in [7, 11) is 0. The van der Waals surface area contributed by atoms with Crippen molar-refractivity contribution in [3.63, 3.8) is 0 Å². The zero-order valence-corrected chi connectivity index (χ0v) is 18.7. The molecule has 1 aromatic heterocycles. The van der Waals surface area contributed by atoms with Crippen LogP contribution < -0.4 is 5.32 Å². The Kier molecular flexibility index (Phi) is 7.84. The Bertz CT molecular complexity index is 1070. The molecule has 1 unspecified atom stereocenters. The number of hydrogen-bond acceptors (Lipinski definition) is 3. The SMILES string of the molecule is CC/C(=C(/Cc1ccccc1)C(=O)NC(C)=O)C1CC=C(c2cccnc2C(F)(F)F)CC1. The van der Waals surface area contributed by atoms with Crippen molar-refractivity contribution in [3.05, 3.63) is 82.7 Å². The second-order valence-corrected chi connectivity index (χ2v) is 8.13. The second kappa shape index (κ2) is 10.6. The first-order chi connectivity index (χ1) is 15.7. The number of alkyl halides is 3. The van der Waals surface area contributed by atoms with Crippen LogP contribution in [0.5, 0.6) is 0 Å². The lowest BCUT2D eigenvalue weighted by Crippen LogP contribution is -2.31. The molecule has 0 fully saturated rings. The maximum absolute atomic E-state index is 13.4. The molecule has 0 saturated carbocycles. The lowest BCUT2D eigenvalue weighted by molar-refractivity contribution is -0.141. The molecule has 2 aromatic rings. The van der Waals surface area contributed by atoms with Crippen LogP contribution >= 0.6 is 0 Å². The number of imide groups is 1. The van der Waals surface area contributed by atoms with Crippen LogP contribution in [0.15, 0.2) is 65.9 Å². The van der Waals surface area contributed by atoms with Gasteiger partial charge in [0.2, 0.25) is 5.91 Å². The molecule has 0 bridgehead atoms. The van der Waals surface area contributed by atoms with E-state index < -0.39 is 23.7 Å². The van der Waals surface area contributed by atoms with Gasteiger partial charge in [-0.1, -0.05) is 55.0 Å². The van der Waals surface area contributed by atoms with E-state index in [2.05, 4.69) is 10.3 Å². The molecule has 0 aliphatic heterocycles. The molecule has 1 atom stereocenters. The zero-order valence-electron chi connectivity index (χ0n) is 18.7. The molecular weight excluding hydrogens is 429 g/mol. The highest BCUT2D eigenvalue weighted by molar-refractivity contribution is 6.04. The molecule has 2 amide bonds. The largest absolute Gasteiger partial charge is 0.433 e. The number of carbonyl (C=O) groups excluding carboxylic acids is 2. The summed E-state index contributed by atoms with van der Waals surface area (Å²) in [6.45, 7) is 3.26. The number of hydrogen-bond donors (Lipinski definition) is 1. The Balaban J connectivity index is 1.93. The van der Waals surface area contributed by atoms with Crippen LogP contribution in [0.2, 0.25) is 0 Å². The van der Waals surface area contributed by atoms with Gasteiger partial charge in [-0.25, -0.2) is 0 Å². The topological polar surface area (TPSA) is 59.1 Å². The van der Waals surface area contributed by atoms with Crippen molar-refractivity contribution in [2.24, 2.45) is 5.92 Å². The number of pyridine rings is 1. The number of benzene rings is 1. The number of allylic oxidation sites excluding steroid dienone is 3. The maximum atomic E-state index is 13.4. The Morgan fingerprint density at radius 3 is 2.42 bits per heavy atom. The summed E-state index contributed by atoms with van der Waals surface area (Å²) >= 11 is 0. The van der Waals surface area contributed by atoms with Crippen LogP contribution in [-0.4, -0.2) is 16.8 Å². The van der Waals surface area contributed by atoms with Crippen molar-refractivity contribution < 1.29 is 22.8 Å². The number of carbonyl (C=O) groups is 2. The highest BCUT2D eigenvalue weighted by Crippen LogP contribution is 2.40. The normalized spacial score (nSPS) is 17.1. The minimum atomic E-state index is -4.52. The molecule has 0 saturated heterocycles. The van der Waals surface area contributed by atoms with E-state index in [1.807, 2.05) is 43.3 Å². The van der Waals surface area contributed by atoms with Crippen molar-refractivity contribution in [2.45, 2.75) is 52.1 Å². The summed E-state index contributed by atoms with van der Waals surface area (Å²) in [6, 6.07) is 12.5. The lowest BCUT2D eigenvalue weighted by Gasteiger charge is -2.27. The van der Waals surface area contributed by atoms with Gasteiger partial charge >= 0.3 is 6.18 Å². The van der Waals surface area contributed by atoms with Gasteiger partial charge < -0.3 is 0 Å². The van der Waals surface area contributed by atoms with Crippen LogP contribution in [-0.2, 0) is 22.2 Å². The van der Waals surface area contributed by atoms with Crippen LogP contribution in [0.25, 0.3) is 5.57 Å². The van der Waals surface area contributed by atoms with Crippen LogP contribution in [0.3, 0.4) is 0 Å². The predicted octanol–water partition coefficient (Wildman–Crippen LogP) is 5.90. The van der Waals surface area contributed by atoms with Gasteiger partial charge in [0.25, 0.3) is 5.91 Å². The second-order valence-electron chi connectivity index (χ2n) is 8.13. The van der Waals surface area contributed by atoms with Gasteiger partial charge in [-0.05, 0) is 48.8 Å². The van der Waals surface area contributed by atoms with Crippen LogP contribution in [0.4, 0.5) is 13.2 Å². The van der Waals surface area contributed by atoms with E-state index in [1.165, 1.54) is 19.1 Å². The third-order valence-corrected chi connectivity index (χ3v) is 5.88. The fourth-order valence-electron chi connectivity index (χ4n) is 4.41. The monoisotopic (exact) mass is 456 g/mol. The first kappa shape index (κ1) is 24.4. The molecule has 1 heterocycles. The van der Waals surface area contributed by atoms with E-state index in [-0.39, 0.29) is 11.5 Å². The van der Waals surface area contributed by atoms with Crippen LogP contribution in [0, 0.1) is 5.92 Å². The minimum absolute atomic E-state index is 0.0150. The standard InChI is InChI=1S/C26H27F3N2O2/c1-3-21(23(25(33)31-17(2)32)16-18-8-5-4-6-9-18)19-11-13-20(14-12-19)22-10-7-15-30-24(22)26(27,28)29/h4-10,13,15,19H,3,11-12,14,16H2,1-2H3,(H,31,32,33)/b23-21+. The summed E-state index contributed by atoms with van der Waals surface area (Å²) in [4.78, 5) is 28.0. The fourth-order valence-corrected chi connectivity index (χ4v) is 4.41. The Labute approximate surface area is 191 Å². The molecule has 1 aliphatic rings. The summed E-state index contributed by atoms with van der Waals surface area (Å²) in [5.41, 5.74) is 2.32. The van der Waals surface area contributed by atoms with Gasteiger partial charge in [-0.15, -0.1) is 0 Å². The summed E-state index contributed by atoms with van der Waals surface area (Å²) in [6.07, 6.45) is 1.06. The number of aromatic nitrogens is 1. The highest BCUT2D eigenvalue weighted by Gasteiger charge is 2.36. The Hall–Kier alpha value is -3.22. The van der Waals surface area contributed by atoms with Crippen molar-refractivity contribution in [3.8, 4) is 0 Å². The maximum Gasteiger partial charge on any atom is 0.433 e. The molecule has 3 rings (SSSR count). The van der Waals surface area contributed by atoms with E-state index >= 15 is 0 Å². The average Bonchev–Trinajstić information content (AvgIpc) is 2.79. The molecular formula is C26H27F3N2O2. The number of amides is 2. The van der Waals surface area contributed by atoms with Crippen molar-refractivity contribution in [1.82, 2.24) is 10.3 Å². The van der Waals surface area contributed by atoms with E-state index in [0.717, 1.165) is 17.3 Å². The van der Waals surface area contributed by atoms with Crippen molar-refractivity contribution in [1.29, 1.82) is 0 Å². The molecule has 0 spiro atoms. The summed E-state index contributed by atoms with van der Waals surface area (Å²) < 4.78 is 40.2. The number of nitrogens with zero attached hydrogens (tertiary/aromatic N) is 1. The predicted molar refractivity (Wildman–Crippen MR) is 121 cm³/mol. The van der Waals surface area contributed by atoms with E-state index in [9.17, 15) is 22.8 Å². The van der Waals surface area contributed by atoms with Crippen molar-refractivity contribution >= 4 is 17.4 Å². The molecule has 1 aliphatic carbocycles. The van der Waals surface area contributed by atoms with Gasteiger partial charge in [0.05, 0.1) is 0 Å². The molecule has 1 N–H and O–H groups in total. The van der Waals surface area contributed by atoms with E-state index in [0.29, 0.717) is 43.3 Å². The Morgan fingerprint density at radius 1 is 1.12 bits per heavy atom. The quantitative estimate of drug-likeness (QED) is 0.551. The van der Waals surface area contributed by atoms with E-state index in [4.69, 9.17) is 0 Å². The number of halogens is 3. The zero-order chi connectivity index (χ0) is 24.0. The summed E-state index contributed by atoms with van der Waals surface area (Å²) in [5.74, 6) is -0.825. The average molecular weight is 457 g/mol. The molecule has 174 valence electrons. The van der Waals surface area contributed by atoms with Crippen LogP contribution in [0.1, 0.15) is 56.4 Å². The fraction of sp³-hybridized carbons (Fsp3) is 0.346. The smallest absolute Gasteiger partial charge is 0.293 e. The van der Waals surface area contributed by atoms with Crippen molar-refractivity contribution in [2.75, 3.05) is 0 Å². The number of nitrogens with one attached hydrogen (secondary N) is 1. The van der Waals surface area contributed by atoms with Gasteiger partial charge in [0.1, 0.15) is 0 Å². The van der Waals surface area contributed by atoms with Gasteiger partial charge in [-0.2, -0.15) is 13.2 Å². The minimum Gasteiger partial charge on any atom is -0.293 e. The number of rotatable bonds is 6. The van der Waals surface area contributed by atoms with Gasteiger partial charge in [0, 0.05) is 30.7 Å². The molecule has 4 nitrogen and oxygen atoms in total. The third-order valence-electron chi connectivity index (χ3n) is 5.88. The lowest BCUT2D eigenvalue weighted by atomic mass is 9.78. The molecule has 7 heteroatoms. The van der Waals surface area contributed by atoms with Gasteiger partial charge in [-0.3, -0.25) is 19.9 Å². The first-order valence-corrected chi connectivity index (χ1v) is 11.0. The van der Waals surface area contributed by atoms with E-state index in [1.54, 1.807) is 0 Å². The molecule has 0 radical (unpaired) electrons.